The lowest BCUT2D eigenvalue weighted by Crippen LogP contribution is -2.46. The van der Waals surface area contributed by atoms with Crippen molar-refractivity contribution >= 4 is 10.0 Å². The molecule has 1 aliphatic heterocycles. The number of hydrogen-bond acceptors (Lipinski definition) is 4. The summed E-state index contributed by atoms with van der Waals surface area (Å²) in [7, 11) is -4.59. The summed E-state index contributed by atoms with van der Waals surface area (Å²) in [6.07, 6.45) is 3.78. The maximum atomic E-state index is 14.5. The number of aryl methyl sites for hydroxylation is 3. The van der Waals surface area contributed by atoms with Crippen molar-refractivity contribution in [2.45, 2.75) is 52.8 Å². The first-order valence-corrected chi connectivity index (χ1v) is 11.3. The Hall–Kier alpha value is -2.74. The molecule has 3 rings (SSSR count). The number of nitrogens with zero attached hydrogens (tertiary/aromatic N) is 2. The van der Waals surface area contributed by atoms with Crippen molar-refractivity contribution in [3.05, 3.63) is 76.6 Å². The van der Waals surface area contributed by atoms with Crippen LogP contribution in [0.2, 0.25) is 0 Å². The average Bonchev–Trinajstić information content (AvgIpc) is 2.65. The van der Waals surface area contributed by atoms with Crippen LogP contribution in [0.5, 0.6) is 5.75 Å². The largest absolute Gasteiger partial charge is 0.465 e. The van der Waals surface area contributed by atoms with Gasteiger partial charge in [-0.2, -0.15) is 12.8 Å². The molecule has 2 aromatic rings. The Bertz CT molecular complexity index is 1160. The summed E-state index contributed by atoms with van der Waals surface area (Å²) in [6.45, 7) is 11.2. The van der Waals surface area contributed by atoms with Gasteiger partial charge in [-0.1, -0.05) is 44.5 Å². The molecule has 0 fully saturated rings. The highest BCUT2D eigenvalue weighted by Gasteiger charge is 2.41. The van der Waals surface area contributed by atoms with E-state index in [0.717, 1.165) is 33.1 Å². The third kappa shape index (κ3) is 4.49. The number of rotatable bonds is 4. The van der Waals surface area contributed by atoms with E-state index in [1.54, 1.807) is 18.2 Å². The summed E-state index contributed by atoms with van der Waals surface area (Å²) in [6, 6.07) is 5.39. The number of sulfonamides is 1. The van der Waals surface area contributed by atoms with E-state index in [-0.39, 0.29) is 0 Å². The highest BCUT2D eigenvalue weighted by molar-refractivity contribution is 7.89. The summed E-state index contributed by atoms with van der Waals surface area (Å²) in [5, 5.41) is -0.982. The number of ether oxygens (including phenoxy) is 1. The van der Waals surface area contributed by atoms with E-state index >= 15 is 0 Å². The van der Waals surface area contributed by atoms with Crippen molar-refractivity contribution in [3.8, 4) is 5.75 Å². The van der Waals surface area contributed by atoms with E-state index < -0.39 is 38.5 Å². The van der Waals surface area contributed by atoms with Gasteiger partial charge in [0.2, 0.25) is 17.2 Å². The SMILES string of the molecule is Cc1cc(C)c(OC2C=CC=C(C(C)(C)C)N2S(=O)(=O)c2nc(F)ccc2F)c(C)c1. The van der Waals surface area contributed by atoms with Gasteiger partial charge in [0, 0.05) is 11.1 Å². The molecule has 5 nitrogen and oxygen atoms in total. The zero-order valence-corrected chi connectivity index (χ0v) is 19.2. The molecule has 1 unspecified atom stereocenters. The van der Waals surface area contributed by atoms with Crippen LogP contribution < -0.4 is 4.74 Å². The second-order valence-electron chi connectivity index (χ2n) is 8.64. The molecule has 2 heterocycles. The molecule has 0 bridgehead atoms. The molecule has 0 amide bonds. The first-order chi connectivity index (χ1) is 14.3. The van der Waals surface area contributed by atoms with Gasteiger partial charge in [-0.15, -0.1) is 0 Å². The Labute approximate surface area is 182 Å². The van der Waals surface area contributed by atoms with E-state index in [4.69, 9.17) is 4.74 Å². The van der Waals surface area contributed by atoms with E-state index in [1.807, 2.05) is 53.7 Å². The maximum absolute atomic E-state index is 14.5. The number of pyridine rings is 1. The highest BCUT2D eigenvalue weighted by atomic mass is 32.2. The van der Waals surface area contributed by atoms with Crippen LogP contribution in [0.25, 0.3) is 0 Å². The van der Waals surface area contributed by atoms with Gasteiger partial charge in [0.15, 0.2) is 5.82 Å². The predicted octanol–water partition coefficient (Wildman–Crippen LogP) is 5.18. The molecule has 166 valence electrons. The van der Waals surface area contributed by atoms with Crippen LogP contribution in [0.4, 0.5) is 8.78 Å². The Kier molecular flexibility index (Phi) is 5.97. The van der Waals surface area contributed by atoms with Crippen LogP contribution in [-0.2, 0) is 10.0 Å². The molecular formula is C23H26F2N2O3S. The van der Waals surface area contributed by atoms with Gasteiger partial charge in [0.05, 0.1) is 0 Å². The van der Waals surface area contributed by atoms with Crippen LogP contribution in [0.15, 0.2) is 53.2 Å². The van der Waals surface area contributed by atoms with Gasteiger partial charge in [0.1, 0.15) is 5.75 Å². The Morgan fingerprint density at radius 2 is 1.68 bits per heavy atom. The molecule has 0 N–H and O–H groups in total. The van der Waals surface area contributed by atoms with Crippen molar-refractivity contribution in [3.63, 3.8) is 0 Å². The normalized spacial score (nSPS) is 17.0. The second kappa shape index (κ2) is 8.07. The maximum Gasteiger partial charge on any atom is 0.287 e. The van der Waals surface area contributed by atoms with Crippen LogP contribution in [0.1, 0.15) is 37.5 Å². The second-order valence-corrected chi connectivity index (χ2v) is 10.4. The molecule has 1 aliphatic rings. The molecule has 0 radical (unpaired) electrons. The summed E-state index contributed by atoms with van der Waals surface area (Å²) >= 11 is 0. The number of hydrogen-bond donors (Lipinski definition) is 0. The van der Waals surface area contributed by atoms with Gasteiger partial charge in [0.25, 0.3) is 10.0 Å². The van der Waals surface area contributed by atoms with Gasteiger partial charge in [-0.25, -0.2) is 13.7 Å². The topological polar surface area (TPSA) is 59.5 Å². The van der Waals surface area contributed by atoms with Gasteiger partial charge < -0.3 is 4.74 Å². The lowest BCUT2D eigenvalue weighted by atomic mass is 9.90. The molecule has 31 heavy (non-hydrogen) atoms. The molecule has 1 aromatic carbocycles. The van der Waals surface area contributed by atoms with Gasteiger partial charge in [-0.3, -0.25) is 0 Å². The monoisotopic (exact) mass is 448 g/mol. The minimum Gasteiger partial charge on any atom is -0.465 e. The number of benzene rings is 1. The fraction of sp³-hybridized carbons (Fsp3) is 0.348. The molecule has 0 saturated carbocycles. The van der Waals surface area contributed by atoms with Crippen LogP contribution in [0.3, 0.4) is 0 Å². The van der Waals surface area contributed by atoms with Crippen molar-refractivity contribution in [1.29, 1.82) is 0 Å². The Balaban J connectivity index is 2.17. The van der Waals surface area contributed by atoms with E-state index in [1.165, 1.54) is 0 Å². The van der Waals surface area contributed by atoms with E-state index in [9.17, 15) is 17.2 Å². The molecule has 0 spiro atoms. The predicted molar refractivity (Wildman–Crippen MR) is 115 cm³/mol. The van der Waals surface area contributed by atoms with Crippen molar-refractivity contribution in [2.24, 2.45) is 5.41 Å². The minimum absolute atomic E-state index is 0.368. The van der Waals surface area contributed by atoms with Gasteiger partial charge >= 0.3 is 0 Å². The molecule has 0 aliphatic carbocycles. The van der Waals surface area contributed by atoms with Crippen molar-refractivity contribution in [1.82, 2.24) is 9.29 Å². The number of allylic oxidation sites excluding steroid dienone is 3. The molecule has 0 saturated heterocycles. The van der Waals surface area contributed by atoms with Crippen LogP contribution >= 0.6 is 0 Å². The summed E-state index contributed by atoms with van der Waals surface area (Å²) in [5.74, 6) is -1.69. The zero-order valence-electron chi connectivity index (χ0n) is 18.4. The third-order valence-electron chi connectivity index (χ3n) is 4.89. The fourth-order valence-corrected chi connectivity index (χ4v) is 5.30. The Morgan fingerprint density at radius 1 is 1.06 bits per heavy atom. The van der Waals surface area contributed by atoms with Crippen molar-refractivity contribution in [2.75, 3.05) is 0 Å². The first kappa shape index (κ1) is 22.9. The van der Waals surface area contributed by atoms with Gasteiger partial charge in [-0.05, 0) is 56.2 Å². The van der Waals surface area contributed by atoms with E-state index in [2.05, 4.69) is 4.98 Å². The summed E-state index contributed by atoms with van der Waals surface area (Å²) < 4.78 is 62.4. The number of aromatic nitrogens is 1. The zero-order chi connectivity index (χ0) is 23.1. The van der Waals surface area contributed by atoms with E-state index in [0.29, 0.717) is 11.4 Å². The lowest BCUT2D eigenvalue weighted by Gasteiger charge is -2.39. The fourth-order valence-electron chi connectivity index (χ4n) is 3.61. The number of halogens is 2. The average molecular weight is 449 g/mol. The lowest BCUT2D eigenvalue weighted by molar-refractivity contribution is 0.131. The molecule has 1 atom stereocenters. The summed E-state index contributed by atoms with van der Waals surface area (Å²) in [5.41, 5.74) is 2.45. The van der Waals surface area contributed by atoms with Crippen LogP contribution in [-0.4, -0.2) is 23.9 Å². The third-order valence-corrected chi connectivity index (χ3v) is 6.59. The Morgan fingerprint density at radius 3 is 2.26 bits per heavy atom. The minimum atomic E-state index is -4.59. The standard InChI is InChI=1S/C23H26F2N2O3S/c1-14-12-15(2)21(16(3)13-14)30-20-9-7-8-18(23(4,5)6)27(20)31(28,29)22-17(24)10-11-19(25)26-22/h7-13,20H,1-6H3. The molecular weight excluding hydrogens is 422 g/mol. The van der Waals surface area contributed by atoms with Crippen LogP contribution in [0, 0.1) is 38.0 Å². The first-order valence-electron chi connectivity index (χ1n) is 9.82. The smallest absolute Gasteiger partial charge is 0.287 e. The highest BCUT2D eigenvalue weighted by Crippen LogP contribution is 2.38. The molecule has 1 aromatic heterocycles. The summed E-state index contributed by atoms with van der Waals surface area (Å²) in [4.78, 5) is 3.35. The van der Waals surface area contributed by atoms with Crippen molar-refractivity contribution < 1.29 is 21.9 Å². The quantitative estimate of drug-likeness (QED) is 0.605. The molecule has 8 heteroatoms.